The van der Waals surface area contributed by atoms with E-state index in [0.29, 0.717) is 52.2 Å². The number of aliphatic hydroxyl groups is 1. The Bertz CT molecular complexity index is 1410. The molecule has 0 aliphatic carbocycles. The molecule has 3 aromatic carbocycles. The Morgan fingerprint density at radius 2 is 1.76 bits per heavy atom. The first-order valence-corrected chi connectivity index (χ1v) is 11.6. The second-order valence-electron chi connectivity index (χ2n) is 8.28. The van der Waals surface area contributed by atoms with E-state index in [0.717, 1.165) is 0 Å². The van der Waals surface area contributed by atoms with Gasteiger partial charge in [0.15, 0.2) is 23.0 Å². The average molecular weight is 504 g/mol. The van der Waals surface area contributed by atoms with Crippen LogP contribution in [-0.4, -0.2) is 44.4 Å². The van der Waals surface area contributed by atoms with Crippen molar-refractivity contribution >= 4 is 23.1 Å². The summed E-state index contributed by atoms with van der Waals surface area (Å²) in [6.07, 6.45) is 0. The molecule has 190 valence electrons. The summed E-state index contributed by atoms with van der Waals surface area (Å²) in [4.78, 5) is 28.3. The van der Waals surface area contributed by atoms with Gasteiger partial charge in [-0.3, -0.25) is 14.5 Å². The van der Waals surface area contributed by atoms with Gasteiger partial charge in [0.2, 0.25) is 6.79 Å². The summed E-state index contributed by atoms with van der Waals surface area (Å²) in [7, 11) is 2.97. The summed E-state index contributed by atoms with van der Waals surface area (Å²) in [6.45, 7) is 2.37. The van der Waals surface area contributed by atoms with Crippen molar-refractivity contribution in [3.05, 3.63) is 77.4 Å². The monoisotopic (exact) mass is 503 g/mol. The number of nitrogens with zero attached hydrogens (tertiary/aromatic N) is 1. The average Bonchev–Trinajstić information content (AvgIpc) is 3.50. The zero-order chi connectivity index (χ0) is 26.1. The molecule has 1 saturated heterocycles. The predicted molar refractivity (Wildman–Crippen MR) is 135 cm³/mol. The number of carbonyl (C=O) groups excluding carboxylic acids is 2. The molecule has 1 unspecified atom stereocenters. The minimum Gasteiger partial charge on any atom is -0.507 e. The van der Waals surface area contributed by atoms with Crippen molar-refractivity contribution in [1.82, 2.24) is 0 Å². The SMILES string of the molecule is CCOc1cccc(C2/C(=C(\O)c3ccc(OC)c(OC)c3)C(=O)C(=O)N2c2ccc3c(c2)OCO3)c1. The van der Waals surface area contributed by atoms with Gasteiger partial charge in [-0.05, 0) is 55.0 Å². The number of hydrogen-bond donors (Lipinski definition) is 1. The number of rotatable bonds is 7. The van der Waals surface area contributed by atoms with Gasteiger partial charge in [0.05, 0.1) is 32.4 Å². The molecule has 0 aromatic heterocycles. The standard InChI is InChI=1S/C28H25NO8/c1-4-35-19-7-5-6-16(12-19)25-24(26(30)17-8-10-20(33-2)22(13-17)34-3)27(31)28(32)29(25)18-9-11-21-23(14-18)37-15-36-21/h5-14,25,30H,4,15H2,1-3H3/b26-24+. The maximum atomic E-state index is 13.5. The number of methoxy groups -OCH3 is 2. The van der Waals surface area contributed by atoms with Gasteiger partial charge in [0, 0.05) is 17.3 Å². The third kappa shape index (κ3) is 4.18. The van der Waals surface area contributed by atoms with Gasteiger partial charge in [-0.15, -0.1) is 0 Å². The van der Waals surface area contributed by atoms with Crippen LogP contribution in [0.3, 0.4) is 0 Å². The van der Waals surface area contributed by atoms with Gasteiger partial charge in [-0.2, -0.15) is 0 Å². The van der Waals surface area contributed by atoms with Crippen LogP contribution in [0, 0.1) is 0 Å². The van der Waals surface area contributed by atoms with E-state index in [2.05, 4.69) is 0 Å². The molecular formula is C28H25NO8. The molecule has 0 radical (unpaired) electrons. The molecule has 0 saturated carbocycles. The van der Waals surface area contributed by atoms with Gasteiger partial charge in [-0.25, -0.2) is 0 Å². The molecule has 0 spiro atoms. The van der Waals surface area contributed by atoms with E-state index in [9.17, 15) is 14.7 Å². The van der Waals surface area contributed by atoms with E-state index in [1.807, 2.05) is 6.92 Å². The van der Waals surface area contributed by atoms with Gasteiger partial charge >= 0.3 is 0 Å². The van der Waals surface area contributed by atoms with Crippen LogP contribution in [0.2, 0.25) is 0 Å². The molecule has 9 heteroatoms. The van der Waals surface area contributed by atoms with Crippen molar-refractivity contribution in [2.75, 3.05) is 32.5 Å². The number of ether oxygens (including phenoxy) is 5. The van der Waals surface area contributed by atoms with Crippen LogP contribution in [0.25, 0.3) is 5.76 Å². The number of ketones is 1. The summed E-state index contributed by atoms with van der Waals surface area (Å²) in [6, 6.07) is 15.9. The minimum absolute atomic E-state index is 0.0662. The first kappa shape index (κ1) is 24.1. The number of hydrogen-bond acceptors (Lipinski definition) is 8. The Labute approximate surface area is 213 Å². The van der Waals surface area contributed by atoms with Crippen molar-refractivity contribution in [2.45, 2.75) is 13.0 Å². The minimum atomic E-state index is -0.936. The second-order valence-corrected chi connectivity index (χ2v) is 8.28. The van der Waals surface area contributed by atoms with E-state index in [1.54, 1.807) is 60.7 Å². The molecule has 37 heavy (non-hydrogen) atoms. The topological polar surface area (TPSA) is 104 Å². The molecule has 1 amide bonds. The summed E-state index contributed by atoms with van der Waals surface area (Å²) in [5.41, 5.74) is 1.24. The Hall–Kier alpha value is -4.66. The van der Waals surface area contributed by atoms with Crippen LogP contribution in [0.5, 0.6) is 28.7 Å². The van der Waals surface area contributed by atoms with Crippen LogP contribution in [0.15, 0.2) is 66.2 Å². The van der Waals surface area contributed by atoms with Gasteiger partial charge in [0.25, 0.3) is 11.7 Å². The van der Waals surface area contributed by atoms with E-state index in [1.165, 1.54) is 19.1 Å². The fraction of sp³-hybridized carbons (Fsp3) is 0.214. The third-order valence-electron chi connectivity index (χ3n) is 6.22. The summed E-state index contributed by atoms with van der Waals surface area (Å²) >= 11 is 0. The first-order chi connectivity index (χ1) is 18.0. The Balaban J connectivity index is 1.70. The Morgan fingerprint density at radius 3 is 2.51 bits per heavy atom. The molecular weight excluding hydrogens is 478 g/mol. The number of Topliss-reactive ketones (excluding diaryl/α,β-unsaturated/α-hetero) is 1. The van der Waals surface area contributed by atoms with Crippen molar-refractivity contribution in [3.8, 4) is 28.7 Å². The quantitative estimate of drug-likeness (QED) is 0.286. The van der Waals surface area contributed by atoms with E-state index in [-0.39, 0.29) is 18.1 Å². The maximum Gasteiger partial charge on any atom is 0.300 e. The van der Waals surface area contributed by atoms with Gasteiger partial charge in [0.1, 0.15) is 11.5 Å². The molecule has 3 aromatic rings. The smallest absolute Gasteiger partial charge is 0.300 e. The van der Waals surface area contributed by atoms with E-state index >= 15 is 0 Å². The fourth-order valence-electron chi connectivity index (χ4n) is 4.53. The maximum absolute atomic E-state index is 13.5. The lowest BCUT2D eigenvalue weighted by Gasteiger charge is -2.26. The largest absolute Gasteiger partial charge is 0.507 e. The van der Waals surface area contributed by atoms with Crippen LogP contribution >= 0.6 is 0 Å². The highest BCUT2D eigenvalue weighted by molar-refractivity contribution is 6.51. The predicted octanol–water partition coefficient (Wildman–Crippen LogP) is 4.46. The highest BCUT2D eigenvalue weighted by Gasteiger charge is 2.47. The number of amides is 1. The number of aliphatic hydroxyl groups excluding tert-OH is 1. The zero-order valence-electron chi connectivity index (χ0n) is 20.5. The second kappa shape index (κ2) is 9.77. The molecule has 2 aliphatic heterocycles. The molecule has 5 rings (SSSR count). The van der Waals surface area contributed by atoms with Crippen LogP contribution in [0.1, 0.15) is 24.1 Å². The summed E-state index contributed by atoms with van der Waals surface area (Å²) in [5.74, 6) is 0.454. The van der Waals surface area contributed by atoms with Crippen molar-refractivity contribution in [3.63, 3.8) is 0 Å². The van der Waals surface area contributed by atoms with Crippen molar-refractivity contribution < 1.29 is 38.4 Å². The number of fused-ring (bicyclic) bond motifs is 1. The molecule has 9 nitrogen and oxygen atoms in total. The van der Waals surface area contributed by atoms with Crippen molar-refractivity contribution in [2.24, 2.45) is 0 Å². The molecule has 1 fully saturated rings. The molecule has 0 bridgehead atoms. The Morgan fingerprint density at radius 1 is 0.973 bits per heavy atom. The zero-order valence-corrected chi connectivity index (χ0v) is 20.5. The van der Waals surface area contributed by atoms with Crippen LogP contribution < -0.4 is 28.6 Å². The normalized spacial score (nSPS) is 17.7. The lowest BCUT2D eigenvalue weighted by atomic mass is 9.94. The van der Waals surface area contributed by atoms with E-state index < -0.39 is 17.7 Å². The van der Waals surface area contributed by atoms with Gasteiger partial charge < -0.3 is 28.8 Å². The lowest BCUT2D eigenvalue weighted by molar-refractivity contribution is -0.132. The number of carbonyl (C=O) groups is 2. The number of anilines is 1. The third-order valence-corrected chi connectivity index (χ3v) is 6.22. The van der Waals surface area contributed by atoms with Crippen LogP contribution in [-0.2, 0) is 9.59 Å². The highest BCUT2D eigenvalue weighted by Crippen LogP contribution is 2.45. The molecule has 2 aliphatic rings. The molecule has 1 N–H and O–H groups in total. The van der Waals surface area contributed by atoms with Crippen LogP contribution in [0.4, 0.5) is 5.69 Å². The fourth-order valence-corrected chi connectivity index (χ4v) is 4.53. The molecule has 2 heterocycles. The number of benzene rings is 3. The molecule has 1 atom stereocenters. The summed E-state index contributed by atoms with van der Waals surface area (Å²) < 4.78 is 27.2. The Kier molecular flexibility index (Phi) is 6.35. The first-order valence-electron chi connectivity index (χ1n) is 11.6. The summed E-state index contributed by atoms with van der Waals surface area (Å²) in [5, 5.41) is 11.4. The highest BCUT2D eigenvalue weighted by atomic mass is 16.7. The lowest BCUT2D eigenvalue weighted by Crippen LogP contribution is -2.29. The van der Waals surface area contributed by atoms with Crippen molar-refractivity contribution in [1.29, 1.82) is 0 Å². The van der Waals surface area contributed by atoms with Gasteiger partial charge in [-0.1, -0.05) is 12.1 Å². The van der Waals surface area contributed by atoms with E-state index in [4.69, 9.17) is 23.7 Å².